The first-order chi connectivity index (χ1) is 14.0. The summed E-state index contributed by atoms with van der Waals surface area (Å²) in [5.74, 6) is 0.194. The highest BCUT2D eigenvalue weighted by Crippen LogP contribution is 2.83. The van der Waals surface area contributed by atoms with Crippen LogP contribution in [0.5, 0.6) is 0 Å². The summed E-state index contributed by atoms with van der Waals surface area (Å²) in [6.45, 7) is 7.31. The van der Waals surface area contributed by atoms with Gasteiger partial charge < -0.3 is 9.84 Å². The molecule has 5 aliphatic carbocycles. The van der Waals surface area contributed by atoms with Crippen molar-refractivity contribution in [1.82, 2.24) is 0 Å². The minimum Gasteiger partial charge on any atom is -0.458 e. The summed E-state index contributed by atoms with van der Waals surface area (Å²) in [5.41, 5.74) is -0.657. The lowest BCUT2D eigenvalue weighted by Crippen LogP contribution is -2.60. The fourth-order valence-electron chi connectivity index (χ4n) is 8.67. The number of Topliss-reactive ketones (excluding diaryl/α,β-unsaturated/α-hetero) is 1. The first-order valence-electron chi connectivity index (χ1n) is 11.3. The van der Waals surface area contributed by atoms with E-state index >= 15 is 0 Å². The predicted octanol–water partition coefficient (Wildman–Crippen LogP) is 3.40. The van der Waals surface area contributed by atoms with Gasteiger partial charge in [0, 0.05) is 17.8 Å². The van der Waals surface area contributed by atoms with Crippen LogP contribution in [0.4, 0.5) is 0 Å². The van der Waals surface area contributed by atoms with Crippen molar-refractivity contribution < 1.29 is 24.2 Å². The lowest BCUT2D eigenvalue weighted by molar-refractivity contribution is -0.174. The summed E-state index contributed by atoms with van der Waals surface area (Å²) in [7, 11) is 0. The number of esters is 1. The maximum atomic E-state index is 13.2. The zero-order chi connectivity index (χ0) is 21.7. The Balaban J connectivity index is 1.52. The third-order valence-electron chi connectivity index (χ3n) is 10.1. The van der Waals surface area contributed by atoms with Crippen LogP contribution in [0, 0.1) is 39.9 Å². The number of fused-ring (bicyclic) bond motifs is 3. The average Bonchev–Trinajstić information content (AvgIpc) is 3.36. The molecule has 5 nitrogen and oxygen atoms in total. The van der Waals surface area contributed by atoms with E-state index in [1.54, 1.807) is 6.08 Å². The second kappa shape index (κ2) is 5.93. The van der Waals surface area contributed by atoms with Crippen LogP contribution in [0.2, 0.25) is 0 Å². The summed E-state index contributed by atoms with van der Waals surface area (Å²) in [4.78, 5) is 36.4. The first-order valence-corrected chi connectivity index (χ1v) is 11.3. The second-order valence-electron chi connectivity index (χ2n) is 11.0. The van der Waals surface area contributed by atoms with Gasteiger partial charge in [-0.05, 0) is 73.3 Å². The summed E-state index contributed by atoms with van der Waals surface area (Å²) in [6.07, 6.45) is 10.4. The van der Waals surface area contributed by atoms with Gasteiger partial charge in [-0.2, -0.15) is 0 Å². The molecule has 1 N–H and O–H groups in total. The van der Waals surface area contributed by atoms with Gasteiger partial charge >= 0.3 is 5.97 Å². The minimum absolute atomic E-state index is 0.0927. The number of ketones is 2. The number of hydrogen-bond acceptors (Lipinski definition) is 5. The fourth-order valence-corrected chi connectivity index (χ4v) is 8.67. The largest absolute Gasteiger partial charge is 0.458 e. The summed E-state index contributed by atoms with van der Waals surface area (Å²) >= 11 is 0. The Bertz CT molecular complexity index is 916. The minimum atomic E-state index is -1.46. The Morgan fingerprint density at radius 1 is 1.23 bits per heavy atom. The summed E-state index contributed by atoms with van der Waals surface area (Å²) < 4.78 is 5.00. The maximum absolute atomic E-state index is 13.2. The van der Waals surface area contributed by atoms with Crippen molar-refractivity contribution >= 4 is 17.5 Å². The van der Waals surface area contributed by atoms with Gasteiger partial charge in [-0.3, -0.25) is 14.4 Å². The predicted molar refractivity (Wildman–Crippen MR) is 110 cm³/mol. The van der Waals surface area contributed by atoms with Crippen LogP contribution in [0.25, 0.3) is 0 Å². The van der Waals surface area contributed by atoms with Gasteiger partial charge in [-0.1, -0.05) is 32.4 Å². The molecule has 5 aliphatic rings. The molecule has 30 heavy (non-hydrogen) atoms. The molecule has 8 atom stereocenters. The third-order valence-corrected chi connectivity index (χ3v) is 10.1. The van der Waals surface area contributed by atoms with Crippen molar-refractivity contribution in [3.63, 3.8) is 0 Å². The SMILES string of the molecule is CC(=O)OCC(=O)[C@@]1(O)[C@H](C)CC2C3CCC4=CC(=O)C=C[C@]4(C)[C@@]34C[C@H]4C[C@@]21C. The molecule has 1 spiro atoms. The van der Waals surface area contributed by atoms with Gasteiger partial charge in [0.15, 0.2) is 12.4 Å². The van der Waals surface area contributed by atoms with Crippen LogP contribution in [0.15, 0.2) is 23.8 Å². The van der Waals surface area contributed by atoms with Crippen molar-refractivity contribution in [3.05, 3.63) is 23.8 Å². The van der Waals surface area contributed by atoms with Gasteiger partial charge in [-0.25, -0.2) is 0 Å². The lowest BCUT2D eigenvalue weighted by atomic mass is 9.46. The van der Waals surface area contributed by atoms with Crippen molar-refractivity contribution in [1.29, 1.82) is 0 Å². The van der Waals surface area contributed by atoms with Gasteiger partial charge in [0.2, 0.25) is 5.78 Å². The van der Waals surface area contributed by atoms with Gasteiger partial charge in [0.1, 0.15) is 5.60 Å². The highest BCUT2D eigenvalue weighted by Gasteiger charge is 2.79. The van der Waals surface area contributed by atoms with Crippen LogP contribution in [-0.2, 0) is 19.1 Å². The second-order valence-corrected chi connectivity index (χ2v) is 11.0. The van der Waals surface area contributed by atoms with Crippen molar-refractivity contribution in [3.8, 4) is 0 Å². The highest BCUT2D eigenvalue weighted by atomic mass is 16.5. The number of aliphatic hydroxyl groups is 1. The molecule has 0 heterocycles. The molecule has 0 aliphatic heterocycles. The standard InChI is InChI=1S/C25H32O5/c1-14-9-20-19-6-5-16-10-18(27)7-8-22(16,3)24(19)12-17(24)11-23(20,4)25(14,29)21(28)13-30-15(2)26/h7-8,10,14,17,19-20,29H,5-6,9,11-13H2,1-4H3/t14-,17-,19?,20?,22+,23+,24-,25+/m1/s1. The van der Waals surface area contributed by atoms with E-state index < -0.39 is 17.0 Å². The van der Waals surface area contributed by atoms with Crippen LogP contribution >= 0.6 is 0 Å². The first kappa shape index (κ1) is 20.2. The molecule has 0 aromatic heterocycles. The molecular weight excluding hydrogens is 380 g/mol. The fraction of sp³-hybridized carbons (Fsp3) is 0.720. The van der Waals surface area contributed by atoms with E-state index in [2.05, 4.69) is 19.9 Å². The molecule has 0 bridgehead atoms. The number of carbonyl (C=O) groups excluding carboxylic acids is 3. The number of carbonyl (C=O) groups is 3. The number of ether oxygens (including phenoxy) is 1. The summed E-state index contributed by atoms with van der Waals surface area (Å²) in [5, 5.41) is 11.8. The molecule has 4 fully saturated rings. The Labute approximate surface area is 177 Å². The molecule has 4 saturated carbocycles. The topological polar surface area (TPSA) is 80.7 Å². The zero-order valence-corrected chi connectivity index (χ0v) is 18.4. The van der Waals surface area contributed by atoms with Gasteiger partial charge in [0.25, 0.3) is 0 Å². The monoisotopic (exact) mass is 412 g/mol. The van der Waals surface area contributed by atoms with Crippen molar-refractivity contribution in [2.24, 2.45) is 39.9 Å². The Kier molecular flexibility index (Phi) is 3.99. The number of allylic oxidation sites excluding steroid dienone is 4. The van der Waals surface area contributed by atoms with Crippen LogP contribution in [0.1, 0.15) is 59.8 Å². The van der Waals surface area contributed by atoms with Gasteiger partial charge in [-0.15, -0.1) is 0 Å². The van der Waals surface area contributed by atoms with E-state index in [9.17, 15) is 19.5 Å². The normalized spacial score (nSPS) is 50.6. The molecular formula is C25H32O5. The zero-order valence-electron chi connectivity index (χ0n) is 18.4. The molecule has 0 aromatic carbocycles. The molecule has 0 radical (unpaired) electrons. The van der Waals surface area contributed by atoms with Crippen molar-refractivity contribution in [2.75, 3.05) is 6.61 Å². The molecule has 5 rings (SSSR count). The van der Waals surface area contributed by atoms with E-state index in [4.69, 9.17) is 4.74 Å². The molecule has 0 aromatic rings. The quantitative estimate of drug-likeness (QED) is 0.719. The van der Waals surface area contributed by atoms with E-state index in [-0.39, 0.29) is 40.8 Å². The van der Waals surface area contributed by atoms with E-state index in [0.717, 1.165) is 32.1 Å². The molecule has 0 saturated heterocycles. The van der Waals surface area contributed by atoms with E-state index in [1.165, 1.54) is 12.5 Å². The smallest absolute Gasteiger partial charge is 0.303 e. The molecule has 5 heteroatoms. The Morgan fingerprint density at radius 2 is 1.97 bits per heavy atom. The average molecular weight is 413 g/mol. The molecule has 162 valence electrons. The van der Waals surface area contributed by atoms with Crippen LogP contribution in [0.3, 0.4) is 0 Å². The maximum Gasteiger partial charge on any atom is 0.303 e. The van der Waals surface area contributed by atoms with Gasteiger partial charge in [0.05, 0.1) is 0 Å². The van der Waals surface area contributed by atoms with E-state index in [0.29, 0.717) is 11.8 Å². The number of hydrogen-bond donors (Lipinski definition) is 1. The Hall–Kier alpha value is -1.75. The number of rotatable bonds is 3. The molecule has 2 unspecified atom stereocenters. The lowest BCUT2D eigenvalue weighted by Gasteiger charge is -2.58. The molecule has 0 amide bonds. The van der Waals surface area contributed by atoms with Crippen LogP contribution in [-0.4, -0.2) is 34.9 Å². The van der Waals surface area contributed by atoms with Crippen molar-refractivity contribution in [2.45, 2.75) is 65.4 Å². The third kappa shape index (κ3) is 2.15. The highest BCUT2D eigenvalue weighted by molar-refractivity contribution is 6.01. The van der Waals surface area contributed by atoms with E-state index in [1.807, 2.05) is 13.0 Å². The Morgan fingerprint density at radius 3 is 2.67 bits per heavy atom. The van der Waals surface area contributed by atoms with Crippen LogP contribution < -0.4 is 0 Å². The summed E-state index contributed by atoms with van der Waals surface area (Å²) in [6, 6.07) is 0.